The van der Waals surface area contributed by atoms with E-state index in [2.05, 4.69) is 40.7 Å². The van der Waals surface area contributed by atoms with Crippen LogP contribution in [0, 0.1) is 46.3 Å². The highest BCUT2D eigenvalue weighted by Gasteiger charge is 2.59. The highest BCUT2D eigenvalue weighted by atomic mass is 16.3. The second-order valence-electron chi connectivity index (χ2n) is 12.2. The molecule has 1 N–H and O–H groups in total. The van der Waals surface area contributed by atoms with E-state index >= 15 is 0 Å². The fourth-order valence-corrected chi connectivity index (χ4v) is 8.67. The van der Waals surface area contributed by atoms with Crippen LogP contribution in [-0.2, 0) is 0 Å². The summed E-state index contributed by atoms with van der Waals surface area (Å²) < 4.78 is 0. The van der Waals surface area contributed by atoms with Crippen molar-refractivity contribution in [2.45, 2.75) is 111 Å². The average Bonchev–Trinajstić information content (AvgIpc) is 2.99. The minimum atomic E-state index is -0.0766. The Morgan fingerprint density at radius 2 is 1.79 bits per heavy atom. The maximum Gasteiger partial charge on any atom is 0.0577 e. The van der Waals surface area contributed by atoms with Crippen LogP contribution in [0.5, 0.6) is 0 Å². The number of aliphatic hydroxyl groups is 1. The van der Waals surface area contributed by atoms with Crippen LogP contribution in [0.4, 0.5) is 0 Å². The van der Waals surface area contributed by atoms with Crippen molar-refractivity contribution in [2.24, 2.45) is 46.3 Å². The van der Waals surface area contributed by atoms with Crippen molar-refractivity contribution in [1.29, 1.82) is 0 Å². The molecule has 0 aromatic rings. The third-order valence-electron chi connectivity index (χ3n) is 10.3. The van der Waals surface area contributed by atoms with Crippen molar-refractivity contribution in [1.82, 2.24) is 0 Å². The highest BCUT2D eigenvalue weighted by Crippen LogP contribution is 2.67. The molecule has 0 aliphatic heterocycles. The molecule has 160 valence electrons. The van der Waals surface area contributed by atoms with E-state index in [-0.39, 0.29) is 6.10 Å². The lowest BCUT2D eigenvalue weighted by atomic mass is 9.47. The van der Waals surface area contributed by atoms with Gasteiger partial charge in [0.1, 0.15) is 0 Å². The quantitative estimate of drug-likeness (QED) is 0.488. The Morgan fingerprint density at radius 1 is 1.00 bits per heavy atom. The molecule has 1 nitrogen and oxygen atoms in total. The van der Waals surface area contributed by atoms with Gasteiger partial charge < -0.3 is 5.11 Å². The van der Waals surface area contributed by atoms with Gasteiger partial charge in [0.25, 0.3) is 0 Å². The van der Waals surface area contributed by atoms with Gasteiger partial charge in [-0.05, 0) is 97.7 Å². The minimum Gasteiger partial charge on any atom is -0.393 e. The zero-order chi connectivity index (χ0) is 20.1. The van der Waals surface area contributed by atoms with E-state index in [0.717, 1.165) is 48.3 Å². The summed E-state index contributed by atoms with van der Waals surface area (Å²) >= 11 is 0. The monoisotopic (exact) mass is 386 g/mol. The largest absolute Gasteiger partial charge is 0.393 e. The average molecular weight is 387 g/mol. The van der Waals surface area contributed by atoms with E-state index in [4.69, 9.17) is 0 Å². The maximum absolute atomic E-state index is 10.2. The Kier molecular flexibility index (Phi) is 5.80. The first kappa shape index (κ1) is 21.0. The normalized spacial score (nSPS) is 46.5. The van der Waals surface area contributed by atoms with E-state index in [0.29, 0.717) is 10.8 Å². The van der Waals surface area contributed by atoms with Crippen LogP contribution >= 0.6 is 0 Å². The second kappa shape index (κ2) is 7.75. The first-order valence-corrected chi connectivity index (χ1v) is 12.6. The number of hydrogen-bond donors (Lipinski definition) is 1. The van der Waals surface area contributed by atoms with Crippen molar-refractivity contribution < 1.29 is 5.11 Å². The third kappa shape index (κ3) is 3.42. The molecule has 0 radical (unpaired) electrons. The molecule has 28 heavy (non-hydrogen) atoms. The molecule has 0 spiro atoms. The lowest BCUT2D eigenvalue weighted by Gasteiger charge is -2.58. The van der Waals surface area contributed by atoms with Gasteiger partial charge >= 0.3 is 0 Å². The molecule has 0 bridgehead atoms. The molecule has 0 aromatic heterocycles. The van der Waals surface area contributed by atoms with Crippen LogP contribution < -0.4 is 0 Å². The maximum atomic E-state index is 10.2. The summed E-state index contributed by atoms with van der Waals surface area (Å²) in [6.45, 7) is 12.6. The molecule has 4 aliphatic carbocycles. The van der Waals surface area contributed by atoms with Crippen molar-refractivity contribution in [3.63, 3.8) is 0 Å². The molecule has 0 amide bonds. The third-order valence-corrected chi connectivity index (χ3v) is 10.3. The van der Waals surface area contributed by atoms with E-state index in [9.17, 15) is 5.11 Å². The van der Waals surface area contributed by atoms with Gasteiger partial charge in [-0.25, -0.2) is 0 Å². The van der Waals surface area contributed by atoms with Gasteiger partial charge in [0, 0.05) is 0 Å². The zero-order valence-corrected chi connectivity index (χ0v) is 19.3. The Labute approximate surface area is 174 Å². The van der Waals surface area contributed by atoms with Gasteiger partial charge in [-0.3, -0.25) is 0 Å². The molecule has 3 fully saturated rings. The number of aliphatic hydroxyl groups excluding tert-OH is 1. The van der Waals surface area contributed by atoms with Crippen LogP contribution in [0.25, 0.3) is 0 Å². The summed E-state index contributed by atoms with van der Waals surface area (Å²) in [5, 5.41) is 10.2. The van der Waals surface area contributed by atoms with E-state index in [1.165, 1.54) is 57.8 Å². The Hall–Kier alpha value is -0.300. The van der Waals surface area contributed by atoms with Crippen LogP contribution in [0.15, 0.2) is 11.6 Å². The molecule has 0 unspecified atom stereocenters. The molecular weight excluding hydrogens is 340 g/mol. The van der Waals surface area contributed by atoms with Crippen LogP contribution in [-0.4, -0.2) is 11.2 Å². The van der Waals surface area contributed by atoms with Crippen molar-refractivity contribution in [3.05, 3.63) is 11.6 Å². The highest BCUT2D eigenvalue weighted by molar-refractivity contribution is 5.25. The Morgan fingerprint density at radius 3 is 2.54 bits per heavy atom. The second-order valence-corrected chi connectivity index (χ2v) is 12.2. The standard InChI is InChI=1S/C27H46O/c1-18(2)7-6-8-19(3)23-11-12-24-22-10-9-20-17-21(28)13-15-26(20,4)25(22)14-16-27(23,24)5/h9,18-19,21-25,28H,6-8,10-17H2,1-5H3/t19-,21-,22+,23-,24-,25+,26-,27+/m0/s1. The number of allylic oxidation sites excluding steroid dienone is 1. The number of rotatable bonds is 5. The molecule has 8 atom stereocenters. The smallest absolute Gasteiger partial charge is 0.0577 e. The molecule has 3 saturated carbocycles. The number of fused-ring (bicyclic) bond motifs is 5. The topological polar surface area (TPSA) is 20.2 Å². The Balaban J connectivity index is 1.49. The summed E-state index contributed by atoms with van der Waals surface area (Å²) in [4.78, 5) is 0. The Bertz CT molecular complexity index is 591. The molecule has 0 aromatic carbocycles. The fourth-order valence-electron chi connectivity index (χ4n) is 8.67. The molecule has 0 heterocycles. The summed E-state index contributed by atoms with van der Waals surface area (Å²) in [6, 6.07) is 0. The molecule has 1 heteroatoms. The van der Waals surface area contributed by atoms with Crippen molar-refractivity contribution in [3.8, 4) is 0 Å². The van der Waals surface area contributed by atoms with E-state index in [1.54, 1.807) is 5.57 Å². The number of hydrogen-bond acceptors (Lipinski definition) is 1. The fraction of sp³-hybridized carbons (Fsp3) is 0.926. The summed E-state index contributed by atoms with van der Waals surface area (Å²) in [6.07, 6.45) is 17.2. The predicted octanol–water partition coefficient (Wildman–Crippen LogP) is 7.39. The lowest BCUT2D eigenvalue weighted by molar-refractivity contribution is -0.0573. The summed E-state index contributed by atoms with van der Waals surface area (Å²) in [5.74, 6) is 5.46. The first-order chi connectivity index (χ1) is 13.3. The van der Waals surface area contributed by atoms with E-state index < -0.39 is 0 Å². The summed E-state index contributed by atoms with van der Waals surface area (Å²) in [5.41, 5.74) is 2.60. The van der Waals surface area contributed by atoms with Crippen LogP contribution in [0.1, 0.15) is 105 Å². The lowest BCUT2D eigenvalue weighted by Crippen LogP contribution is -2.50. The van der Waals surface area contributed by atoms with Crippen molar-refractivity contribution in [2.75, 3.05) is 0 Å². The molecule has 0 saturated heterocycles. The predicted molar refractivity (Wildman–Crippen MR) is 119 cm³/mol. The van der Waals surface area contributed by atoms with Gasteiger partial charge in [-0.1, -0.05) is 65.5 Å². The zero-order valence-electron chi connectivity index (χ0n) is 19.3. The minimum absolute atomic E-state index is 0.0766. The van der Waals surface area contributed by atoms with Gasteiger partial charge in [0.05, 0.1) is 6.10 Å². The van der Waals surface area contributed by atoms with Crippen molar-refractivity contribution >= 4 is 0 Å². The van der Waals surface area contributed by atoms with Crippen LogP contribution in [0.2, 0.25) is 0 Å². The van der Waals surface area contributed by atoms with Gasteiger partial charge in [-0.15, -0.1) is 0 Å². The van der Waals surface area contributed by atoms with E-state index in [1.807, 2.05) is 0 Å². The molecule has 4 aliphatic rings. The summed E-state index contributed by atoms with van der Waals surface area (Å²) in [7, 11) is 0. The SMILES string of the molecule is CC(C)CCC[C@H](C)[C@@H]1CC[C@H]2[C@H]3CC=C4C[C@@H](O)CC[C@]4(C)[C@@H]3CC[C@@]21C. The van der Waals surface area contributed by atoms with Gasteiger partial charge in [0.2, 0.25) is 0 Å². The van der Waals surface area contributed by atoms with Crippen LogP contribution in [0.3, 0.4) is 0 Å². The van der Waals surface area contributed by atoms with Gasteiger partial charge in [0.15, 0.2) is 0 Å². The molecular formula is C27H46O. The van der Waals surface area contributed by atoms with Gasteiger partial charge in [-0.2, -0.15) is 0 Å². The first-order valence-electron chi connectivity index (χ1n) is 12.6. The molecule has 4 rings (SSSR count).